The predicted octanol–water partition coefficient (Wildman–Crippen LogP) is 5.03. The van der Waals surface area contributed by atoms with Gasteiger partial charge in [-0.2, -0.15) is 0 Å². The van der Waals surface area contributed by atoms with Gasteiger partial charge in [0.25, 0.3) is 5.56 Å². The van der Waals surface area contributed by atoms with E-state index in [0.29, 0.717) is 19.8 Å². The first-order chi connectivity index (χ1) is 12.9. The molecule has 0 amide bonds. The summed E-state index contributed by atoms with van der Waals surface area (Å²) >= 11 is 0. The van der Waals surface area contributed by atoms with Crippen molar-refractivity contribution in [1.29, 1.82) is 0 Å². The third-order valence-corrected chi connectivity index (χ3v) is 4.40. The van der Waals surface area contributed by atoms with Crippen molar-refractivity contribution in [2.45, 2.75) is 66.6 Å². The average Bonchev–Trinajstić information content (AvgIpc) is 2.57. The molecule has 0 radical (unpaired) electrons. The van der Waals surface area contributed by atoms with E-state index in [4.69, 9.17) is 4.74 Å². The number of hydrogen-bond acceptors (Lipinski definition) is 3. The number of benzene rings is 1. The van der Waals surface area contributed by atoms with Gasteiger partial charge in [0, 0.05) is 30.4 Å². The second kappa shape index (κ2) is 9.06. The van der Waals surface area contributed by atoms with E-state index in [1.54, 1.807) is 10.6 Å². The van der Waals surface area contributed by atoms with Gasteiger partial charge < -0.3 is 14.6 Å². The molecule has 1 aromatic carbocycles. The van der Waals surface area contributed by atoms with E-state index in [2.05, 4.69) is 78.0 Å². The van der Waals surface area contributed by atoms with Crippen LogP contribution in [0.25, 0.3) is 11.1 Å². The Bertz CT molecular complexity index is 808. The third kappa shape index (κ3) is 7.25. The highest BCUT2D eigenvalue weighted by molar-refractivity contribution is 5.63. The van der Waals surface area contributed by atoms with Gasteiger partial charge >= 0.3 is 0 Å². The zero-order valence-corrected chi connectivity index (χ0v) is 18.5. The lowest BCUT2D eigenvalue weighted by Crippen LogP contribution is -2.37. The molecule has 28 heavy (non-hydrogen) atoms. The highest BCUT2D eigenvalue weighted by atomic mass is 16.5. The second-order valence-corrected chi connectivity index (χ2v) is 9.80. The maximum Gasteiger partial charge on any atom is 0.251 e. The number of nitrogens with zero attached hydrogens (tertiary/aromatic N) is 1. The standard InChI is InChI=1S/C24H36N2O2/c1-18(25-24(5,6)7)19-8-10-20(11-9-19)21-12-13-26(22(27)16-21)14-15-28-17-23(2,3)4/h8-13,16,18,25H,14-15,17H2,1-7H3. The van der Waals surface area contributed by atoms with Crippen LogP contribution in [0.3, 0.4) is 0 Å². The number of nitrogens with one attached hydrogen (secondary N) is 1. The summed E-state index contributed by atoms with van der Waals surface area (Å²) in [5.41, 5.74) is 3.45. The average molecular weight is 385 g/mol. The van der Waals surface area contributed by atoms with Crippen LogP contribution in [0.4, 0.5) is 0 Å². The summed E-state index contributed by atoms with van der Waals surface area (Å²) in [6, 6.07) is 12.4. The number of ether oxygens (including phenoxy) is 1. The molecule has 1 N–H and O–H groups in total. The molecule has 1 atom stereocenters. The first kappa shape index (κ1) is 22.4. The van der Waals surface area contributed by atoms with Crippen molar-refractivity contribution >= 4 is 0 Å². The van der Waals surface area contributed by atoms with Gasteiger partial charge in [0.2, 0.25) is 0 Å². The van der Waals surface area contributed by atoms with Crippen LogP contribution in [0, 0.1) is 5.41 Å². The molecule has 2 aromatic rings. The van der Waals surface area contributed by atoms with E-state index in [9.17, 15) is 4.79 Å². The Hall–Kier alpha value is -1.91. The fourth-order valence-electron chi connectivity index (χ4n) is 3.11. The Morgan fingerprint density at radius 3 is 2.18 bits per heavy atom. The van der Waals surface area contributed by atoms with Crippen LogP contribution >= 0.6 is 0 Å². The van der Waals surface area contributed by atoms with Gasteiger partial charge in [-0.05, 0) is 55.9 Å². The van der Waals surface area contributed by atoms with Crippen molar-refractivity contribution in [3.63, 3.8) is 0 Å². The summed E-state index contributed by atoms with van der Waals surface area (Å²) in [5.74, 6) is 0. The van der Waals surface area contributed by atoms with Crippen LogP contribution in [0.2, 0.25) is 0 Å². The molecular formula is C24H36N2O2. The summed E-state index contributed by atoms with van der Waals surface area (Å²) in [6.45, 7) is 16.9. The molecule has 0 bridgehead atoms. The largest absolute Gasteiger partial charge is 0.379 e. The highest BCUT2D eigenvalue weighted by Gasteiger charge is 2.15. The van der Waals surface area contributed by atoms with Crippen LogP contribution in [0.15, 0.2) is 47.4 Å². The van der Waals surface area contributed by atoms with E-state index < -0.39 is 0 Å². The van der Waals surface area contributed by atoms with Crippen molar-refractivity contribution in [3.05, 3.63) is 58.5 Å². The van der Waals surface area contributed by atoms with Gasteiger partial charge in [-0.1, -0.05) is 45.0 Å². The van der Waals surface area contributed by atoms with Crippen LogP contribution in [-0.4, -0.2) is 23.3 Å². The molecule has 0 saturated heterocycles. The molecular weight excluding hydrogens is 348 g/mol. The summed E-state index contributed by atoms with van der Waals surface area (Å²) in [7, 11) is 0. The molecule has 0 saturated carbocycles. The van der Waals surface area contributed by atoms with Crippen molar-refractivity contribution < 1.29 is 4.74 Å². The Morgan fingerprint density at radius 2 is 1.64 bits per heavy atom. The molecule has 1 aromatic heterocycles. The topological polar surface area (TPSA) is 43.3 Å². The summed E-state index contributed by atoms with van der Waals surface area (Å²) in [5, 5.41) is 3.58. The molecule has 0 aliphatic carbocycles. The van der Waals surface area contributed by atoms with E-state index in [1.807, 2.05) is 12.3 Å². The van der Waals surface area contributed by atoms with Gasteiger partial charge in [-0.3, -0.25) is 4.79 Å². The van der Waals surface area contributed by atoms with Gasteiger partial charge in [0.15, 0.2) is 0 Å². The Labute approximate surface area is 169 Å². The molecule has 4 nitrogen and oxygen atoms in total. The van der Waals surface area contributed by atoms with Crippen molar-refractivity contribution in [2.75, 3.05) is 13.2 Å². The Kier molecular flexibility index (Phi) is 7.24. The minimum absolute atomic E-state index is 0.00343. The van der Waals surface area contributed by atoms with Crippen LogP contribution in [-0.2, 0) is 11.3 Å². The molecule has 1 unspecified atom stereocenters. The predicted molar refractivity (Wildman–Crippen MR) is 118 cm³/mol. The van der Waals surface area contributed by atoms with Crippen LogP contribution in [0.5, 0.6) is 0 Å². The Morgan fingerprint density at radius 1 is 1.00 bits per heavy atom. The molecule has 1 heterocycles. The van der Waals surface area contributed by atoms with E-state index in [-0.39, 0.29) is 22.6 Å². The zero-order valence-electron chi connectivity index (χ0n) is 18.5. The minimum atomic E-state index is 0.00343. The van der Waals surface area contributed by atoms with Crippen molar-refractivity contribution in [2.24, 2.45) is 5.41 Å². The second-order valence-electron chi connectivity index (χ2n) is 9.80. The zero-order chi connectivity index (χ0) is 20.9. The number of pyridine rings is 1. The summed E-state index contributed by atoms with van der Waals surface area (Å²) < 4.78 is 7.38. The first-order valence-corrected chi connectivity index (χ1v) is 10.1. The van der Waals surface area contributed by atoms with Crippen LogP contribution < -0.4 is 10.9 Å². The lowest BCUT2D eigenvalue weighted by Gasteiger charge is -2.26. The third-order valence-electron chi connectivity index (χ3n) is 4.40. The summed E-state index contributed by atoms with van der Waals surface area (Å²) in [4.78, 5) is 12.4. The number of hydrogen-bond donors (Lipinski definition) is 1. The Balaban J connectivity index is 2.02. The lowest BCUT2D eigenvalue weighted by molar-refractivity contribution is 0.0657. The van der Waals surface area contributed by atoms with Crippen molar-refractivity contribution in [1.82, 2.24) is 9.88 Å². The van der Waals surface area contributed by atoms with Gasteiger partial charge in [-0.15, -0.1) is 0 Å². The number of aromatic nitrogens is 1. The molecule has 0 aliphatic rings. The first-order valence-electron chi connectivity index (χ1n) is 10.1. The van der Waals surface area contributed by atoms with Crippen LogP contribution in [0.1, 0.15) is 60.1 Å². The quantitative estimate of drug-likeness (QED) is 0.681. The van der Waals surface area contributed by atoms with E-state index in [0.717, 1.165) is 11.1 Å². The normalized spacial score (nSPS) is 13.5. The molecule has 154 valence electrons. The smallest absolute Gasteiger partial charge is 0.251 e. The maximum atomic E-state index is 12.4. The lowest BCUT2D eigenvalue weighted by atomic mass is 9.99. The fourth-order valence-corrected chi connectivity index (χ4v) is 3.11. The molecule has 0 fully saturated rings. The SMILES string of the molecule is CC(NC(C)(C)C)c1ccc(-c2ccn(CCOCC(C)(C)C)c(=O)c2)cc1. The minimum Gasteiger partial charge on any atom is -0.379 e. The van der Waals surface area contributed by atoms with Gasteiger partial charge in [0.1, 0.15) is 0 Å². The van der Waals surface area contributed by atoms with E-state index in [1.165, 1.54) is 5.56 Å². The monoisotopic (exact) mass is 384 g/mol. The fraction of sp³-hybridized carbons (Fsp3) is 0.542. The molecule has 0 aliphatic heterocycles. The van der Waals surface area contributed by atoms with Gasteiger partial charge in [-0.25, -0.2) is 0 Å². The summed E-state index contributed by atoms with van der Waals surface area (Å²) in [6.07, 6.45) is 1.86. The van der Waals surface area contributed by atoms with Crippen molar-refractivity contribution in [3.8, 4) is 11.1 Å². The highest BCUT2D eigenvalue weighted by Crippen LogP contribution is 2.22. The molecule has 4 heteroatoms. The number of rotatable bonds is 7. The molecule has 0 spiro atoms. The maximum absolute atomic E-state index is 12.4. The molecule has 2 rings (SSSR count). The van der Waals surface area contributed by atoms with Gasteiger partial charge in [0.05, 0.1) is 13.2 Å². The van der Waals surface area contributed by atoms with E-state index >= 15 is 0 Å².